The molecular weight excluding hydrogens is 254 g/mol. The quantitative estimate of drug-likeness (QED) is 0.913. The van der Waals surface area contributed by atoms with Crippen molar-refractivity contribution in [3.05, 3.63) is 29.8 Å². The summed E-state index contributed by atoms with van der Waals surface area (Å²) in [5, 5.41) is 10.7. The minimum Gasteiger partial charge on any atom is -0.496 e. The average molecular weight is 275 g/mol. The number of ether oxygens (including phenoxy) is 1. The molecule has 4 atom stereocenters. The van der Waals surface area contributed by atoms with Gasteiger partial charge in [-0.3, -0.25) is 9.69 Å². The van der Waals surface area contributed by atoms with Crippen LogP contribution in [0.25, 0.3) is 0 Å². The Balaban J connectivity index is 1.93. The summed E-state index contributed by atoms with van der Waals surface area (Å²) >= 11 is 0. The van der Waals surface area contributed by atoms with E-state index in [9.17, 15) is 9.90 Å². The van der Waals surface area contributed by atoms with Gasteiger partial charge in [0.05, 0.1) is 19.1 Å². The van der Waals surface area contributed by atoms with Crippen LogP contribution in [0.3, 0.4) is 0 Å². The number of nitrogens with zero attached hydrogens (tertiary/aromatic N) is 1. The molecule has 4 nitrogen and oxygen atoms in total. The molecule has 0 saturated carbocycles. The number of rotatable bonds is 3. The number of methoxy groups -OCH3 is 1. The fourth-order valence-electron chi connectivity index (χ4n) is 3.79. The maximum atomic E-state index is 12.4. The lowest BCUT2D eigenvalue weighted by atomic mass is 9.82. The molecule has 0 amide bonds. The van der Waals surface area contributed by atoms with Crippen molar-refractivity contribution < 1.29 is 14.6 Å². The number of carbonyl (C=O) groups is 1. The van der Waals surface area contributed by atoms with Crippen molar-refractivity contribution in [3.63, 3.8) is 0 Å². The zero-order valence-electron chi connectivity index (χ0n) is 12.0. The van der Waals surface area contributed by atoms with Gasteiger partial charge in [-0.25, -0.2) is 0 Å². The Hall–Kier alpha value is -1.39. The van der Waals surface area contributed by atoms with Gasteiger partial charge in [-0.05, 0) is 26.0 Å². The van der Waals surface area contributed by atoms with Gasteiger partial charge in [0.2, 0.25) is 0 Å². The first-order chi connectivity index (χ1) is 9.63. The monoisotopic (exact) mass is 275 g/mol. The average Bonchev–Trinajstić information content (AvgIpc) is 2.71. The fraction of sp³-hybridized carbons (Fsp3) is 0.562. The van der Waals surface area contributed by atoms with Crippen LogP contribution in [-0.4, -0.2) is 42.0 Å². The van der Waals surface area contributed by atoms with Crippen LogP contribution in [0, 0.1) is 5.92 Å². The van der Waals surface area contributed by atoms with Crippen LogP contribution in [0.4, 0.5) is 0 Å². The van der Waals surface area contributed by atoms with Crippen LogP contribution in [0.15, 0.2) is 24.3 Å². The van der Waals surface area contributed by atoms with E-state index in [2.05, 4.69) is 11.9 Å². The Labute approximate surface area is 119 Å². The molecule has 2 bridgehead atoms. The second kappa shape index (κ2) is 5.19. The SMILES string of the molecule is COc1ccccc1[C@@H](O)[C@H]1C(=O)C[C@@H]2CC[C@H]1N2C. The molecular formula is C16H21NO3. The van der Waals surface area contributed by atoms with Crippen LogP contribution in [-0.2, 0) is 4.79 Å². The summed E-state index contributed by atoms with van der Waals surface area (Å²) in [4.78, 5) is 14.7. The summed E-state index contributed by atoms with van der Waals surface area (Å²) < 4.78 is 5.31. The first-order valence-electron chi connectivity index (χ1n) is 7.19. The topological polar surface area (TPSA) is 49.8 Å². The number of hydrogen-bond donors (Lipinski definition) is 1. The Morgan fingerprint density at radius 3 is 2.85 bits per heavy atom. The standard InChI is InChI=1S/C16H21NO3/c1-17-10-7-8-12(17)15(13(18)9-10)16(19)11-5-3-4-6-14(11)20-2/h3-6,10,12,15-16,19H,7-9H2,1-2H3/t10-,12+,15+,16+/m0/s1. The summed E-state index contributed by atoms with van der Waals surface area (Å²) in [5.41, 5.74) is 0.715. The summed E-state index contributed by atoms with van der Waals surface area (Å²) in [6.07, 6.45) is 1.82. The summed E-state index contributed by atoms with van der Waals surface area (Å²) in [6, 6.07) is 7.94. The van der Waals surface area contributed by atoms with Crippen LogP contribution in [0.5, 0.6) is 5.75 Å². The van der Waals surface area contributed by atoms with E-state index in [1.807, 2.05) is 24.3 Å². The number of carbonyl (C=O) groups excluding carboxylic acids is 1. The Morgan fingerprint density at radius 2 is 2.10 bits per heavy atom. The van der Waals surface area contributed by atoms with Crippen molar-refractivity contribution in [3.8, 4) is 5.75 Å². The van der Waals surface area contributed by atoms with Gasteiger partial charge in [0.1, 0.15) is 11.5 Å². The Bertz CT molecular complexity index is 516. The van der Waals surface area contributed by atoms with E-state index in [1.54, 1.807) is 7.11 Å². The highest BCUT2D eigenvalue weighted by Crippen LogP contribution is 2.43. The Kier molecular flexibility index (Phi) is 3.52. The van der Waals surface area contributed by atoms with Gasteiger partial charge in [0, 0.05) is 24.1 Å². The predicted molar refractivity (Wildman–Crippen MR) is 75.6 cm³/mol. The van der Waals surface area contributed by atoms with Gasteiger partial charge in [-0.15, -0.1) is 0 Å². The van der Waals surface area contributed by atoms with Crippen molar-refractivity contribution in [1.29, 1.82) is 0 Å². The summed E-state index contributed by atoms with van der Waals surface area (Å²) in [7, 11) is 3.66. The molecule has 1 aromatic carbocycles. The molecule has 2 fully saturated rings. The van der Waals surface area contributed by atoms with Crippen LogP contribution in [0.2, 0.25) is 0 Å². The molecule has 1 N–H and O–H groups in total. The number of benzene rings is 1. The molecule has 0 aromatic heterocycles. The predicted octanol–water partition coefficient (Wildman–Crippen LogP) is 1.78. The van der Waals surface area contributed by atoms with Crippen molar-refractivity contribution in [2.45, 2.75) is 37.5 Å². The van der Waals surface area contributed by atoms with Gasteiger partial charge in [0.25, 0.3) is 0 Å². The van der Waals surface area contributed by atoms with E-state index in [0.717, 1.165) is 12.8 Å². The highest BCUT2D eigenvalue weighted by Gasteiger charge is 2.48. The molecule has 0 spiro atoms. The minimum atomic E-state index is -0.787. The number of aliphatic hydroxyl groups excluding tert-OH is 1. The highest BCUT2D eigenvalue weighted by molar-refractivity contribution is 5.84. The Morgan fingerprint density at radius 1 is 1.35 bits per heavy atom. The van der Waals surface area contributed by atoms with Crippen molar-refractivity contribution in [2.24, 2.45) is 5.92 Å². The van der Waals surface area contributed by atoms with E-state index < -0.39 is 6.10 Å². The molecule has 4 heteroatoms. The number of aliphatic hydroxyl groups is 1. The number of hydrogen-bond acceptors (Lipinski definition) is 4. The first kappa shape index (κ1) is 13.6. The maximum Gasteiger partial charge on any atom is 0.142 e. The van der Waals surface area contributed by atoms with E-state index in [4.69, 9.17) is 4.74 Å². The first-order valence-corrected chi connectivity index (χ1v) is 7.19. The molecule has 2 aliphatic heterocycles. The number of Topliss-reactive ketones (excluding diaryl/α,β-unsaturated/α-hetero) is 1. The largest absolute Gasteiger partial charge is 0.496 e. The third-order valence-electron chi connectivity index (χ3n) is 4.92. The zero-order chi connectivity index (χ0) is 14.3. The molecule has 2 saturated heterocycles. The normalized spacial score (nSPS) is 31.4. The van der Waals surface area contributed by atoms with Gasteiger partial charge in [0.15, 0.2) is 0 Å². The third-order valence-corrected chi connectivity index (χ3v) is 4.92. The maximum absolute atomic E-state index is 12.4. The van der Waals surface area contributed by atoms with Gasteiger partial charge >= 0.3 is 0 Å². The summed E-state index contributed by atoms with van der Waals surface area (Å²) in [5.74, 6) is 0.500. The lowest BCUT2D eigenvalue weighted by Crippen LogP contribution is -2.49. The minimum absolute atomic E-state index is 0.154. The smallest absolute Gasteiger partial charge is 0.142 e. The highest BCUT2D eigenvalue weighted by atomic mass is 16.5. The third kappa shape index (κ3) is 2.03. The second-order valence-corrected chi connectivity index (χ2v) is 5.85. The molecule has 20 heavy (non-hydrogen) atoms. The molecule has 1 aromatic rings. The number of fused-ring (bicyclic) bond motifs is 2. The van der Waals surface area contributed by atoms with Crippen LogP contribution in [0.1, 0.15) is 30.9 Å². The molecule has 3 rings (SSSR count). The fourth-order valence-corrected chi connectivity index (χ4v) is 3.79. The van der Waals surface area contributed by atoms with E-state index in [1.165, 1.54) is 0 Å². The molecule has 0 unspecified atom stereocenters. The summed E-state index contributed by atoms with van der Waals surface area (Å²) in [6.45, 7) is 0. The van der Waals surface area contributed by atoms with E-state index in [0.29, 0.717) is 23.8 Å². The van der Waals surface area contributed by atoms with Gasteiger partial charge in [-0.2, -0.15) is 0 Å². The number of ketones is 1. The van der Waals surface area contributed by atoms with Gasteiger partial charge < -0.3 is 9.84 Å². The van der Waals surface area contributed by atoms with Crippen molar-refractivity contribution in [1.82, 2.24) is 4.90 Å². The molecule has 0 radical (unpaired) electrons. The van der Waals surface area contributed by atoms with Gasteiger partial charge in [-0.1, -0.05) is 18.2 Å². The lowest BCUT2D eigenvalue weighted by Gasteiger charge is -2.38. The number of para-hydroxylation sites is 1. The van der Waals surface area contributed by atoms with Crippen LogP contribution < -0.4 is 4.74 Å². The van der Waals surface area contributed by atoms with E-state index in [-0.39, 0.29) is 17.7 Å². The van der Waals surface area contributed by atoms with Crippen LogP contribution >= 0.6 is 0 Å². The van der Waals surface area contributed by atoms with Crippen molar-refractivity contribution >= 4 is 5.78 Å². The molecule has 2 heterocycles. The number of piperidine rings is 1. The molecule has 108 valence electrons. The molecule has 2 aliphatic rings. The lowest BCUT2D eigenvalue weighted by molar-refractivity contribution is -0.134. The second-order valence-electron chi connectivity index (χ2n) is 5.85. The van der Waals surface area contributed by atoms with Crippen molar-refractivity contribution in [2.75, 3.05) is 14.2 Å². The zero-order valence-corrected chi connectivity index (χ0v) is 12.0. The molecule has 0 aliphatic carbocycles. The van der Waals surface area contributed by atoms with E-state index >= 15 is 0 Å².